The molecule has 7 nitrogen and oxygen atoms in total. The molecule has 218 valence electrons. The number of nitrogens with one attached hydrogen (secondary N) is 1. The summed E-state index contributed by atoms with van der Waals surface area (Å²) < 4.78 is 13.6. The monoisotopic (exact) mass is 577 g/mol. The Morgan fingerprint density at radius 1 is 1.02 bits per heavy atom. The standard InChI is InChI=1S/C32H40FN5O2S/c33-27-11-9-25(10-12-27)21-37(22-29-4-2-16-41-29)28-13-15-38(32(40)26-3-1-14-35-20-26)30(17-28)31(39)36-19-24-7-5-23(18-34)6-8-24/h1-4,9-12,14,16,20,23-24,28,30H,5-8,13,15,17-19,21-22,34H2,(H,36,39)/t23?,24?,28?,30-/m1/s1. The van der Waals surface area contributed by atoms with Gasteiger partial charge in [-0.25, -0.2) is 4.39 Å². The molecule has 1 unspecified atom stereocenters. The van der Waals surface area contributed by atoms with Crippen LogP contribution in [0.25, 0.3) is 0 Å². The van der Waals surface area contributed by atoms with Gasteiger partial charge in [0.25, 0.3) is 5.91 Å². The van der Waals surface area contributed by atoms with Crippen molar-refractivity contribution in [2.75, 3.05) is 19.6 Å². The number of nitrogens with two attached hydrogens (primary N) is 1. The summed E-state index contributed by atoms with van der Waals surface area (Å²) in [6, 6.07) is 13.8. The van der Waals surface area contributed by atoms with E-state index in [0.29, 0.717) is 43.5 Å². The summed E-state index contributed by atoms with van der Waals surface area (Å²) in [5.74, 6) is 0.518. The smallest absolute Gasteiger partial charge is 0.256 e. The highest BCUT2D eigenvalue weighted by Crippen LogP contribution is 2.30. The van der Waals surface area contributed by atoms with Crippen LogP contribution in [0.1, 0.15) is 59.3 Å². The quantitative estimate of drug-likeness (QED) is 0.360. The summed E-state index contributed by atoms with van der Waals surface area (Å²) in [6.45, 7) is 3.20. The van der Waals surface area contributed by atoms with E-state index in [1.165, 1.54) is 17.0 Å². The van der Waals surface area contributed by atoms with E-state index in [1.807, 2.05) is 18.2 Å². The molecular weight excluding hydrogens is 537 g/mol. The number of thiophene rings is 1. The summed E-state index contributed by atoms with van der Waals surface area (Å²) >= 11 is 1.70. The molecule has 0 spiro atoms. The van der Waals surface area contributed by atoms with Crippen LogP contribution in [0, 0.1) is 17.7 Å². The van der Waals surface area contributed by atoms with E-state index in [4.69, 9.17) is 5.73 Å². The highest BCUT2D eigenvalue weighted by atomic mass is 32.1. The van der Waals surface area contributed by atoms with Crippen LogP contribution >= 0.6 is 11.3 Å². The minimum atomic E-state index is -0.583. The number of benzene rings is 1. The van der Waals surface area contributed by atoms with E-state index in [-0.39, 0.29) is 23.7 Å². The minimum absolute atomic E-state index is 0.0795. The van der Waals surface area contributed by atoms with Crippen LogP contribution in [0.15, 0.2) is 66.3 Å². The highest BCUT2D eigenvalue weighted by molar-refractivity contribution is 7.09. The fourth-order valence-corrected chi connectivity index (χ4v) is 6.93. The molecule has 9 heteroatoms. The number of amides is 2. The zero-order valence-corrected chi connectivity index (χ0v) is 24.3. The third kappa shape index (κ3) is 7.78. The van der Waals surface area contributed by atoms with Crippen LogP contribution in [0.4, 0.5) is 4.39 Å². The molecule has 2 aromatic heterocycles. The first-order chi connectivity index (χ1) is 20.0. The molecule has 3 N–H and O–H groups in total. The summed E-state index contributed by atoms with van der Waals surface area (Å²) in [5.41, 5.74) is 7.37. The Morgan fingerprint density at radius 2 is 1.80 bits per heavy atom. The number of likely N-dealkylation sites (tertiary alicyclic amines) is 1. The van der Waals surface area contributed by atoms with Gasteiger partial charge in [0.2, 0.25) is 5.91 Å². The fraction of sp³-hybridized carbons (Fsp3) is 0.469. The van der Waals surface area contributed by atoms with Gasteiger partial charge in [-0.1, -0.05) is 18.2 Å². The van der Waals surface area contributed by atoms with Gasteiger partial charge >= 0.3 is 0 Å². The lowest BCUT2D eigenvalue weighted by molar-refractivity contribution is -0.128. The van der Waals surface area contributed by atoms with Crippen molar-refractivity contribution >= 4 is 23.2 Å². The number of aromatic nitrogens is 1. The van der Waals surface area contributed by atoms with E-state index in [9.17, 15) is 14.0 Å². The van der Waals surface area contributed by atoms with Crippen molar-refractivity contribution in [1.82, 2.24) is 20.1 Å². The lowest BCUT2D eigenvalue weighted by Crippen LogP contribution is -2.57. The van der Waals surface area contributed by atoms with E-state index in [0.717, 1.165) is 50.8 Å². The predicted molar refractivity (Wildman–Crippen MR) is 160 cm³/mol. The van der Waals surface area contributed by atoms with Crippen molar-refractivity contribution in [2.45, 2.75) is 63.7 Å². The number of carbonyl (C=O) groups is 2. The second-order valence-electron chi connectivity index (χ2n) is 11.4. The first-order valence-electron chi connectivity index (χ1n) is 14.7. The summed E-state index contributed by atoms with van der Waals surface area (Å²) in [5, 5.41) is 5.28. The predicted octanol–water partition coefficient (Wildman–Crippen LogP) is 4.84. The molecule has 0 bridgehead atoms. The maximum Gasteiger partial charge on any atom is 0.256 e. The van der Waals surface area contributed by atoms with Crippen molar-refractivity contribution in [3.8, 4) is 0 Å². The van der Waals surface area contributed by atoms with Crippen molar-refractivity contribution in [3.63, 3.8) is 0 Å². The lowest BCUT2D eigenvalue weighted by atomic mass is 9.82. The number of pyridine rings is 1. The second-order valence-corrected chi connectivity index (χ2v) is 12.4. The molecule has 2 aliphatic rings. The van der Waals surface area contributed by atoms with Gasteiger partial charge in [-0.2, -0.15) is 0 Å². The van der Waals surface area contributed by atoms with Crippen LogP contribution in [0.2, 0.25) is 0 Å². The van der Waals surface area contributed by atoms with Crippen molar-refractivity contribution in [3.05, 3.63) is 88.1 Å². The fourth-order valence-electron chi connectivity index (χ4n) is 6.20. The largest absolute Gasteiger partial charge is 0.354 e. The summed E-state index contributed by atoms with van der Waals surface area (Å²) in [6.07, 6.45) is 8.84. The van der Waals surface area contributed by atoms with Gasteiger partial charge < -0.3 is 16.0 Å². The third-order valence-corrected chi connectivity index (χ3v) is 9.53. The number of nitrogens with zero attached hydrogens (tertiary/aromatic N) is 3. The number of rotatable bonds is 10. The molecule has 3 aromatic rings. The SMILES string of the molecule is NCC1CCC(CNC(=O)[C@H]2CC(N(Cc3ccc(F)cc3)Cc3cccs3)CCN2C(=O)c2cccnc2)CC1. The minimum Gasteiger partial charge on any atom is -0.354 e. The second kappa shape index (κ2) is 14.2. The molecule has 1 aromatic carbocycles. The number of carbonyl (C=O) groups excluding carboxylic acids is 2. The van der Waals surface area contributed by atoms with Crippen molar-refractivity contribution in [1.29, 1.82) is 0 Å². The molecular formula is C32H40FN5O2S. The molecule has 0 radical (unpaired) electrons. The Bertz CT molecular complexity index is 1250. The van der Waals surface area contributed by atoms with E-state index >= 15 is 0 Å². The van der Waals surface area contributed by atoms with Gasteiger partial charge in [-0.15, -0.1) is 11.3 Å². The first kappa shape index (κ1) is 29.4. The Hall–Kier alpha value is -3.14. The van der Waals surface area contributed by atoms with Gasteiger partial charge in [-0.3, -0.25) is 19.5 Å². The molecule has 2 atom stereocenters. The molecule has 1 saturated carbocycles. The van der Waals surface area contributed by atoms with Crippen LogP contribution in [0.3, 0.4) is 0 Å². The third-order valence-electron chi connectivity index (χ3n) is 8.67. The van der Waals surface area contributed by atoms with Crippen LogP contribution < -0.4 is 11.1 Å². The maximum absolute atomic E-state index is 13.8. The van der Waals surface area contributed by atoms with Crippen molar-refractivity contribution < 1.29 is 14.0 Å². The number of hydrogen-bond acceptors (Lipinski definition) is 6. The average Bonchev–Trinajstić information content (AvgIpc) is 3.54. The Morgan fingerprint density at radius 3 is 2.49 bits per heavy atom. The molecule has 3 heterocycles. The number of halogens is 1. The van der Waals surface area contributed by atoms with Gasteiger partial charge in [0.15, 0.2) is 0 Å². The van der Waals surface area contributed by atoms with Gasteiger partial charge in [0, 0.05) is 49.5 Å². The Kier molecular flexibility index (Phi) is 10.1. The molecule has 2 fully saturated rings. The summed E-state index contributed by atoms with van der Waals surface area (Å²) in [4.78, 5) is 36.8. The molecule has 5 rings (SSSR count). The Labute approximate surface area is 245 Å². The molecule has 1 aliphatic heterocycles. The molecule has 41 heavy (non-hydrogen) atoms. The lowest BCUT2D eigenvalue weighted by Gasteiger charge is -2.43. The zero-order valence-electron chi connectivity index (χ0n) is 23.5. The number of piperidine rings is 1. The van der Waals surface area contributed by atoms with Crippen molar-refractivity contribution in [2.24, 2.45) is 17.6 Å². The van der Waals surface area contributed by atoms with Crippen LogP contribution in [-0.2, 0) is 17.9 Å². The Balaban J connectivity index is 1.33. The molecule has 1 aliphatic carbocycles. The van der Waals surface area contributed by atoms with Crippen LogP contribution in [0.5, 0.6) is 0 Å². The van der Waals surface area contributed by atoms with Crippen LogP contribution in [-0.4, -0.2) is 58.3 Å². The van der Waals surface area contributed by atoms with E-state index in [1.54, 1.807) is 40.8 Å². The van der Waals surface area contributed by atoms with E-state index < -0.39 is 6.04 Å². The molecule has 1 saturated heterocycles. The van der Waals surface area contributed by atoms with E-state index in [2.05, 4.69) is 26.6 Å². The van der Waals surface area contributed by atoms with Gasteiger partial charge in [0.1, 0.15) is 11.9 Å². The normalized spacial score (nSPS) is 23.0. The van der Waals surface area contributed by atoms with Gasteiger partial charge in [0.05, 0.1) is 5.56 Å². The topological polar surface area (TPSA) is 91.6 Å². The maximum atomic E-state index is 13.8. The van der Waals surface area contributed by atoms with Gasteiger partial charge in [-0.05, 0) is 98.2 Å². The first-order valence-corrected chi connectivity index (χ1v) is 15.6. The highest BCUT2D eigenvalue weighted by Gasteiger charge is 2.39. The zero-order chi connectivity index (χ0) is 28.6. The molecule has 2 amide bonds. The number of hydrogen-bond donors (Lipinski definition) is 2. The summed E-state index contributed by atoms with van der Waals surface area (Å²) in [7, 11) is 0. The average molecular weight is 578 g/mol.